The fourth-order valence-corrected chi connectivity index (χ4v) is 3.00. The van der Waals surface area contributed by atoms with Gasteiger partial charge in [0.2, 0.25) is 0 Å². The molecule has 19 heavy (non-hydrogen) atoms. The molecule has 1 aromatic rings. The van der Waals surface area contributed by atoms with Crippen molar-refractivity contribution in [2.75, 3.05) is 18.1 Å². The summed E-state index contributed by atoms with van der Waals surface area (Å²) in [5.41, 5.74) is 3.03. The van der Waals surface area contributed by atoms with E-state index in [0.717, 1.165) is 60.8 Å². The van der Waals surface area contributed by atoms with Gasteiger partial charge in [-0.3, -0.25) is 0 Å². The van der Waals surface area contributed by atoms with Crippen molar-refractivity contribution >= 4 is 17.5 Å². The second-order valence-corrected chi connectivity index (χ2v) is 5.98. The van der Waals surface area contributed by atoms with Crippen LogP contribution in [0.25, 0.3) is 0 Å². The van der Waals surface area contributed by atoms with E-state index in [9.17, 15) is 0 Å². The molecule has 1 aliphatic rings. The minimum atomic E-state index is 0.759. The molecular formula is C15H21NO2S. The standard InChI is InChI=1S/C15H21NO2S/c1-2-19-11-5-10-18-15-9-4-6-12-13(15)7-3-8-14(12)16-17/h4,6,9,17H,2-3,5,7-8,10-11H2,1H3/b16-14+. The highest BCUT2D eigenvalue weighted by Crippen LogP contribution is 2.30. The predicted molar refractivity (Wildman–Crippen MR) is 80.8 cm³/mol. The fraction of sp³-hybridized carbons (Fsp3) is 0.533. The van der Waals surface area contributed by atoms with Crippen molar-refractivity contribution in [3.8, 4) is 5.75 Å². The predicted octanol–water partition coefficient (Wildman–Crippen LogP) is 3.72. The summed E-state index contributed by atoms with van der Waals surface area (Å²) in [5, 5.41) is 12.5. The first kappa shape index (κ1) is 14.3. The molecular weight excluding hydrogens is 258 g/mol. The van der Waals surface area contributed by atoms with Crippen molar-refractivity contribution in [1.29, 1.82) is 0 Å². The van der Waals surface area contributed by atoms with E-state index in [0.29, 0.717) is 0 Å². The fourth-order valence-electron chi connectivity index (χ4n) is 2.39. The number of hydrogen-bond acceptors (Lipinski definition) is 4. The Hall–Kier alpha value is -1.16. The average Bonchev–Trinajstić information content (AvgIpc) is 2.46. The molecule has 0 saturated carbocycles. The third kappa shape index (κ3) is 3.66. The molecule has 0 heterocycles. The van der Waals surface area contributed by atoms with Crippen molar-refractivity contribution < 1.29 is 9.94 Å². The van der Waals surface area contributed by atoms with Gasteiger partial charge in [-0.2, -0.15) is 11.8 Å². The summed E-state index contributed by atoms with van der Waals surface area (Å²) in [6, 6.07) is 6.01. The first-order valence-corrected chi connectivity index (χ1v) is 8.06. The second kappa shape index (κ2) is 7.43. The Morgan fingerprint density at radius 1 is 1.37 bits per heavy atom. The summed E-state index contributed by atoms with van der Waals surface area (Å²) < 4.78 is 5.89. The van der Waals surface area contributed by atoms with Gasteiger partial charge < -0.3 is 9.94 Å². The van der Waals surface area contributed by atoms with E-state index < -0.39 is 0 Å². The quantitative estimate of drug-likeness (QED) is 0.490. The maximum atomic E-state index is 9.05. The lowest BCUT2D eigenvalue weighted by molar-refractivity contribution is 0.312. The highest BCUT2D eigenvalue weighted by atomic mass is 32.2. The Morgan fingerprint density at radius 3 is 3.05 bits per heavy atom. The molecule has 0 unspecified atom stereocenters. The van der Waals surface area contributed by atoms with E-state index in [1.807, 2.05) is 30.0 Å². The average molecular weight is 279 g/mol. The van der Waals surface area contributed by atoms with Crippen molar-refractivity contribution in [3.05, 3.63) is 29.3 Å². The maximum Gasteiger partial charge on any atom is 0.123 e. The van der Waals surface area contributed by atoms with Crippen LogP contribution < -0.4 is 4.74 Å². The third-order valence-corrected chi connectivity index (χ3v) is 4.29. The molecule has 0 spiro atoms. The van der Waals surface area contributed by atoms with Crippen LogP contribution in [0.5, 0.6) is 5.75 Å². The zero-order valence-corrected chi connectivity index (χ0v) is 12.2. The number of rotatable bonds is 6. The van der Waals surface area contributed by atoms with E-state index in [2.05, 4.69) is 12.1 Å². The number of oxime groups is 1. The van der Waals surface area contributed by atoms with E-state index in [1.165, 1.54) is 5.56 Å². The molecule has 0 fully saturated rings. The maximum absolute atomic E-state index is 9.05. The van der Waals surface area contributed by atoms with E-state index >= 15 is 0 Å². The van der Waals surface area contributed by atoms with Crippen LogP contribution in [0.2, 0.25) is 0 Å². The zero-order valence-electron chi connectivity index (χ0n) is 11.4. The molecule has 1 aromatic carbocycles. The van der Waals surface area contributed by atoms with Crippen LogP contribution in [0.1, 0.15) is 37.3 Å². The first-order valence-electron chi connectivity index (χ1n) is 6.90. The highest BCUT2D eigenvalue weighted by molar-refractivity contribution is 7.99. The number of hydrogen-bond donors (Lipinski definition) is 1. The van der Waals surface area contributed by atoms with Crippen LogP contribution in [-0.4, -0.2) is 29.0 Å². The van der Waals surface area contributed by atoms with Crippen LogP contribution in [0, 0.1) is 0 Å². The van der Waals surface area contributed by atoms with E-state index in [4.69, 9.17) is 9.94 Å². The molecule has 2 rings (SSSR count). The highest BCUT2D eigenvalue weighted by Gasteiger charge is 2.19. The second-order valence-electron chi connectivity index (χ2n) is 4.58. The van der Waals surface area contributed by atoms with Gasteiger partial charge in [0.1, 0.15) is 5.75 Å². The first-order chi connectivity index (χ1) is 9.36. The zero-order chi connectivity index (χ0) is 13.5. The van der Waals surface area contributed by atoms with Gasteiger partial charge in [0.15, 0.2) is 0 Å². The summed E-state index contributed by atoms with van der Waals surface area (Å²) in [4.78, 5) is 0. The van der Waals surface area contributed by atoms with E-state index in [-0.39, 0.29) is 0 Å². The molecule has 0 bridgehead atoms. The lowest BCUT2D eigenvalue weighted by Crippen LogP contribution is -2.14. The van der Waals surface area contributed by atoms with Gasteiger partial charge in [-0.15, -0.1) is 0 Å². The van der Waals surface area contributed by atoms with Crippen molar-refractivity contribution in [3.63, 3.8) is 0 Å². The minimum Gasteiger partial charge on any atom is -0.493 e. The molecule has 1 aliphatic carbocycles. The number of benzene rings is 1. The van der Waals surface area contributed by atoms with E-state index in [1.54, 1.807) is 0 Å². The number of ether oxygens (including phenoxy) is 1. The van der Waals surface area contributed by atoms with Crippen molar-refractivity contribution in [1.82, 2.24) is 0 Å². The largest absolute Gasteiger partial charge is 0.493 e. The summed E-state index contributed by atoms with van der Waals surface area (Å²) in [6.45, 7) is 2.93. The van der Waals surface area contributed by atoms with Crippen LogP contribution in [0.4, 0.5) is 0 Å². The lowest BCUT2D eigenvalue weighted by Gasteiger charge is -2.20. The SMILES string of the molecule is CCSCCCOc1cccc2c1CCC/C2=N\O. The summed E-state index contributed by atoms with van der Waals surface area (Å²) >= 11 is 1.94. The van der Waals surface area contributed by atoms with Crippen molar-refractivity contribution in [2.45, 2.75) is 32.6 Å². The Labute approximate surface area is 119 Å². The molecule has 104 valence electrons. The van der Waals surface area contributed by atoms with Gasteiger partial charge in [0.25, 0.3) is 0 Å². The summed E-state index contributed by atoms with van der Waals surface area (Å²) in [6.07, 6.45) is 3.95. The molecule has 0 amide bonds. The Morgan fingerprint density at radius 2 is 2.26 bits per heavy atom. The molecule has 4 heteroatoms. The number of fused-ring (bicyclic) bond motifs is 1. The van der Waals surface area contributed by atoms with Gasteiger partial charge in [0, 0.05) is 11.1 Å². The molecule has 0 radical (unpaired) electrons. The molecule has 3 nitrogen and oxygen atoms in total. The lowest BCUT2D eigenvalue weighted by atomic mass is 9.89. The Balaban J connectivity index is 2.02. The molecule has 0 aromatic heterocycles. The number of thioether (sulfide) groups is 1. The summed E-state index contributed by atoms with van der Waals surface area (Å²) in [5.74, 6) is 3.27. The van der Waals surface area contributed by atoms with Crippen molar-refractivity contribution in [2.24, 2.45) is 5.16 Å². The normalized spacial score (nSPS) is 16.4. The van der Waals surface area contributed by atoms with Gasteiger partial charge in [0.05, 0.1) is 12.3 Å². The van der Waals surface area contributed by atoms with Crippen LogP contribution in [0.15, 0.2) is 23.4 Å². The molecule has 1 N–H and O–H groups in total. The van der Waals surface area contributed by atoms with Gasteiger partial charge in [-0.05, 0) is 43.3 Å². The topological polar surface area (TPSA) is 41.8 Å². The third-order valence-electron chi connectivity index (χ3n) is 3.30. The monoisotopic (exact) mass is 279 g/mol. The van der Waals surface area contributed by atoms with Gasteiger partial charge in [-0.1, -0.05) is 24.2 Å². The Kier molecular flexibility index (Phi) is 5.58. The molecule has 0 saturated heterocycles. The van der Waals surface area contributed by atoms with Gasteiger partial charge in [-0.25, -0.2) is 0 Å². The minimum absolute atomic E-state index is 0.759. The van der Waals surface area contributed by atoms with Gasteiger partial charge >= 0.3 is 0 Å². The van der Waals surface area contributed by atoms with Crippen LogP contribution >= 0.6 is 11.8 Å². The van der Waals surface area contributed by atoms with Crippen LogP contribution in [-0.2, 0) is 6.42 Å². The van der Waals surface area contributed by atoms with Crippen LogP contribution in [0.3, 0.4) is 0 Å². The molecule has 0 aliphatic heterocycles. The Bertz CT molecular complexity index is 446. The smallest absolute Gasteiger partial charge is 0.123 e. The number of nitrogens with zero attached hydrogens (tertiary/aromatic N) is 1. The summed E-state index contributed by atoms with van der Waals surface area (Å²) in [7, 11) is 0. The molecule has 0 atom stereocenters.